The van der Waals surface area contributed by atoms with Crippen molar-refractivity contribution >= 4 is 0 Å². The van der Waals surface area contributed by atoms with E-state index in [0.29, 0.717) is 11.8 Å². The van der Waals surface area contributed by atoms with Gasteiger partial charge in [-0.2, -0.15) is 0 Å². The second-order valence-electron chi connectivity index (χ2n) is 4.92. The number of aromatic nitrogens is 2. The SMILES string of the molecule is CCCNCCCc1nnc(C(C)C(C)C)o1. The topological polar surface area (TPSA) is 51.0 Å². The number of nitrogens with one attached hydrogen (secondary N) is 1. The Balaban J connectivity index is 2.31. The monoisotopic (exact) mass is 239 g/mol. The highest BCUT2D eigenvalue weighted by molar-refractivity contribution is 4.90. The predicted octanol–water partition coefficient (Wildman–Crippen LogP) is 2.76. The Hall–Kier alpha value is -0.900. The first-order chi connectivity index (χ1) is 8.15. The Morgan fingerprint density at radius 1 is 1.18 bits per heavy atom. The van der Waals surface area contributed by atoms with E-state index in [1.807, 2.05) is 0 Å². The van der Waals surface area contributed by atoms with Crippen LogP contribution in [0.5, 0.6) is 0 Å². The summed E-state index contributed by atoms with van der Waals surface area (Å²) in [5, 5.41) is 11.6. The fourth-order valence-electron chi connectivity index (χ4n) is 1.50. The summed E-state index contributed by atoms with van der Waals surface area (Å²) in [6.07, 6.45) is 3.10. The second kappa shape index (κ2) is 7.43. The molecule has 0 bridgehead atoms. The van der Waals surface area contributed by atoms with Gasteiger partial charge in [-0.1, -0.05) is 27.7 Å². The third-order valence-electron chi connectivity index (χ3n) is 3.04. The number of hydrogen-bond acceptors (Lipinski definition) is 4. The van der Waals surface area contributed by atoms with Gasteiger partial charge in [-0.05, 0) is 31.8 Å². The molecule has 0 amide bonds. The van der Waals surface area contributed by atoms with Crippen LogP contribution in [0.25, 0.3) is 0 Å². The van der Waals surface area contributed by atoms with Gasteiger partial charge in [0.25, 0.3) is 0 Å². The highest BCUT2D eigenvalue weighted by atomic mass is 16.4. The van der Waals surface area contributed by atoms with E-state index in [2.05, 4.69) is 43.2 Å². The van der Waals surface area contributed by atoms with Crippen LogP contribution in [0.1, 0.15) is 58.2 Å². The summed E-state index contributed by atoms with van der Waals surface area (Å²) in [6, 6.07) is 0. The van der Waals surface area contributed by atoms with Crippen LogP contribution in [0.3, 0.4) is 0 Å². The molecule has 4 nitrogen and oxygen atoms in total. The van der Waals surface area contributed by atoms with Crippen molar-refractivity contribution in [3.05, 3.63) is 11.8 Å². The second-order valence-corrected chi connectivity index (χ2v) is 4.92. The van der Waals surface area contributed by atoms with Crippen molar-refractivity contribution in [2.45, 2.75) is 52.9 Å². The molecule has 0 fully saturated rings. The lowest BCUT2D eigenvalue weighted by Gasteiger charge is -2.09. The molecule has 1 atom stereocenters. The Morgan fingerprint density at radius 2 is 1.94 bits per heavy atom. The quantitative estimate of drug-likeness (QED) is 0.709. The molecule has 1 aromatic rings. The van der Waals surface area contributed by atoms with E-state index < -0.39 is 0 Å². The van der Waals surface area contributed by atoms with Crippen molar-refractivity contribution in [1.82, 2.24) is 15.5 Å². The van der Waals surface area contributed by atoms with Crippen molar-refractivity contribution in [3.63, 3.8) is 0 Å². The molecule has 98 valence electrons. The normalized spacial score (nSPS) is 13.2. The smallest absolute Gasteiger partial charge is 0.219 e. The number of nitrogens with zero attached hydrogens (tertiary/aromatic N) is 2. The van der Waals surface area contributed by atoms with E-state index in [4.69, 9.17) is 4.42 Å². The maximum atomic E-state index is 5.66. The first-order valence-corrected chi connectivity index (χ1v) is 6.68. The zero-order valence-electron chi connectivity index (χ0n) is 11.5. The van der Waals surface area contributed by atoms with Crippen LogP contribution in [0, 0.1) is 5.92 Å². The fourth-order valence-corrected chi connectivity index (χ4v) is 1.50. The van der Waals surface area contributed by atoms with Gasteiger partial charge >= 0.3 is 0 Å². The standard InChI is InChI=1S/C13H25N3O/c1-5-8-14-9-6-7-12-15-16-13(17-12)11(4)10(2)3/h10-11,14H,5-9H2,1-4H3. The van der Waals surface area contributed by atoms with Gasteiger partial charge in [-0.3, -0.25) is 0 Å². The lowest BCUT2D eigenvalue weighted by atomic mass is 9.98. The lowest BCUT2D eigenvalue weighted by Crippen LogP contribution is -2.16. The lowest BCUT2D eigenvalue weighted by molar-refractivity contribution is 0.378. The van der Waals surface area contributed by atoms with Crippen LogP contribution >= 0.6 is 0 Å². The molecule has 17 heavy (non-hydrogen) atoms. The number of rotatable bonds is 8. The van der Waals surface area contributed by atoms with Crippen molar-refractivity contribution in [3.8, 4) is 0 Å². The summed E-state index contributed by atoms with van der Waals surface area (Å²) in [5.41, 5.74) is 0. The summed E-state index contributed by atoms with van der Waals surface area (Å²) in [4.78, 5) is 0. The average Bonchev–Trinajstić information content (AvgIpc) is 2.76. The molecule has 0 aliphatic rings. The largest absolute Gasteiger partial charge is 0.425 e. The van der Waals surface area contributed by atoms with Gasteiger partial charge in [0.05, 0.1) is 0 Å². The van der Waals surface area contributed by atoms with Gasteiger partial charge < -0.3 is 9.73 Å². The first kappa shape index (κ1) is 14.2. The van der Waals surface area contributed by atoms with Gasteiger partial charge in [-0.15, -0.1) is 10.2 Å². The van der Waals surface area contributed by atoms with Gasteiger partial charge in [-0.25, -0.2) is 0 Å². The van der Waals surface area contributed by atoms with Crippen molar-refractivity contribution < 1.29 is 4.42 Å². The molecular weight excluding hydrogens is 214 g/mol. The molecule has 0 radical (unpaired) electrons. The van der Waals surface area contributed by atoms with Crippen molar-refractivity contribution in [2.75, 3.05) is 13.1 Å². The van der Waals surface area contributed by atoms with Crippen LogP contribution in [0.4, 0.5) is 0 Å². The first-order valence-electron chi connectivity index (χ1n) is 6.68. The van der Waals surface area contributed by atoms with Gasteiger partial charge in [0.2, 0.25) is 11.8 Å². The molecule has 1 N–H and O–H groups in total. The predicted molar refractivity (Wildman–Crippen MR) is 69.0 cm³/mol. The summed E-state index contributed by atoms with van der Waals surface area (Å²) >= 11 is 0. The minimum atomic E-state index is 0.342. The third kappa shape index (κ3) is 4.86. The number of aryl methyl sites for hydroxylation is 1. The zero-order chi connectivity index (χ0) is 12.7. The molecule has 1 unspecified atom stereocenters. The van der Waals surface area contributed by atoms with Gasteiger partial charge in [0.1, 0.15) is 0 Å². The van der Waals surface area contributed by atoms with Crippen LogP contribution in [0.15, 0.2) is 4.42 Å². The summed E-state index contributed by atoms with van der Waals surface area (Å²) in [7, 11) is 0. The highest BCUT2D eigenvalue weighted by Crippen LogP contribution is 2.22. The average molecular weight is 239 g/mol. The Morgan fingerprint density at radius 3 is 2.59 bits per heavy atom. The summed E-state index contributed by atoms with van der Waals surface area (Å²) < 4.78 is 5.66. The molecule has 0 spiro atoms. The molecule has 0 aliphatic carbocycles. The maximum absolute atomic E-state index is 5.66. The molecule has 1 aromatic heterocycles. The Labute approximate surface area is 104 Å². The number of hydrogen-bond donors (Lipinski definition) is 1. The Bertz CT molecular complexity index is 309. The third-order valence-corrected chi connectivity index (χ3v) is 3.04. The summed E-state index contributed by atoms with van der Waals surface area (Å²) in [5.74, 6) is 2.42. The van der Waals surface area contributed by atoms with E-state index in [9.17, 15) is 0 Å². The van der Waals surface area contributed by atoms with E-state index >= 15 is 0 Å². The van der Waals surface area contributed by atoms with Crippen LogP contribution in [-0.4, -0.2) is 23.3 Å². The van der Waals surface area contributed by atoms with Crippen LogP contribution in [0.2, 0.25) is 0 Å². The highest BCUT2D eigenvalue weighted by Gasteiger charge is 2.16. The minimum absolute atomic E-state index is 0.342. The zero-order valence-corrected chi connectivity index (χ0v) is 11.5. The van der Waals surface area contributed by atoms with E-state index in [1.165, 1.54) is 6.42 Å². The van der Waals surface area contributed by atoms with E-state index in [-0.39, 0.29) is 0 Å². The summed E-state index contributed by atoms with van der Waals surface area (Å²) in [6.45, 7) is 10.7. The van der Waals surface area contributed by atoms with Crippen LogP contribution in [-0.2, 0) is 6.42 Å². The maximum Gasteiger partial charge on any atom is 0.219 e. The molecule has 1 heterocycles. The fraction of sp³-hybridized carbons (Fsp3) is 0.846. The molecule has 0 aliphatic heterocycles. The van der Waals surface area contributed by atoms with Gasteiger partial charge in [0, 0.05) is 12.3 Å². The Kier molecular flexibility index (Phi) is 6.19. The van der Waals surface area contributed by atoms with Crippen molar-refractivity contribution in [2.24, 2.45) is 5.92 Å². The molecule has 1 rings (SSSR count). The minimum Gasteiger partial charge on any atom is -0.425 e. The molecule has 0 aromatic carbocycles. The molecule has 4 heteroatoms. The van der Waals surface area contributed by atoms with E-state index in [1.54, 1.807) is 0 Å². The molecule has 0 saturated heterocycles. The van der Waals surface area contributed by atoms with Gasteiger partial charge in [0.15, 0.2) is 0 Å². The van der Waals surface area contributed by atoms with E-state index in [0.717, 1.165) is 37.7 Å². The van der Waals surface area contributed by atoms with Crippen LogP contribution < -0.4 is 5.32 Å². The molecule has 0 saturated carbocycles. The molecular formula is C13H25N3O. The van der Waals surface area contributed by atoms with Crippen molar-refractivity contribution in [1.29, 1.82) is 0 Å².